The van der Waals surface area contributed by atoms with Gasteiger partial charge in [-0.05, 0) is 72.6 Å². The van der Waals surface area contributed by atoms with E-state index < -0.39 is 40.9 Å². The number of alkyl halides is 6. The quantitative estimate of drug-likeness (QED) is 0.100. The lowest BCUT2D eigenvalue weighted by Crippen LogP contribution is -2.54. The highest BCUT2D eigenvalue weighted by Gasteiger charge is 2.45. The minimum atomic E-state index is -4.68. The number of halogens is 8. The van der Waals surface area contributed by atoms with Crippen LogP contribution in [0.3, 0.4) is 0 Å². The maximum absolute atomic E-state index is 14.3. The average molecular weight is 765 g/mol. The van der Waals surface area contributed by atoms with Gasteiger partial charge in [0.1, 0.15) is 29.4 Å². The molecule has 0 aliphatic carbocycles. The maximum atomic E-state index is 14.3. The molecule has 0 amide bonds. The van der Waals surface area contributed by atoms with Gasteiger partial charge in [0.25, 0.3) is 0 Å². The summed E-state index contributed by atoms with van der Waals surface area (Å²) in [6.45, 7) is 3.03. The van der Waals surface area contributed by atoms with Gasteiger partial charge in [0.2, 0.25) is 5.88 Å². The van der Waals surface area contributed by atoms with Gasteiger partial charge in [-0.2, -0.15) is 26.3 Å². The Morgan fingerprint density at radius 2 is 1.44 bits per heavy atom. The van der Waals surface area contributed by atoms with E-state index in [-0.39, 0.29) is 51.8 Å². The second kappa shape index (κ2) is 15.7. The molecule has 272 valence electrons. The fourth-order valence-electron chi connectivity index (χ4n) is 5.05. The van der Waals surface area contributed by atoms with Crippen LogP contribution < -0.4 is 14.8 Å². The Bertz CT molecular complexity index is 2030. The zero-order valence-electron chi connectivity index (χ0n) is 27.4. The van der Waals surface area contributed by atoms with Crippen molar-refractivity contribution in [2.45, 2.75) is 44.8 Å². The fraction of sp³-hybridized carbons (Fsp3) is 0.216. The number of rotatable bonds is 12. The van der Waals surface area contributed by atoms with Gasteiger partial charge in [-0.3, -0.25) is 4.98 Å². The third-order valence-electron chi connectivity index (χ3n) is 7.88. The Morgan fingerprint density at radius 1 is 0.769 bits per heavy atom. The van der Waals surface area contributed by atoms with Crippen LogP contribution in [-0.4, -0.2) is 21.5 Å². The van der Waals surface area contributed by atoms with Crippen LogP contribution in [0.15, 0.2) is 103 Å². The van der Waals surface area contributed by atoms with Crippen molar-refractivity contribution in [1.29, 1.82) is 0 Å². The number of nitrogens with zero attached hydrogens (tertiary/aromatic N) is 2. The predicted octanol–water partition coefficient (Wildman–Crippen LogP) is 11.2. The van der Waals surface area contributed by atoms with Gasteiger partial charge in [0.05, 0.1) is 38.2 Å². The number of ether oxygens (including phenoxy) is 3. The molecule has 15 heteroatoms. The molecule has 2 aromatic heterocycles. The first-order valence-electron chi connectivity index (χ1n) is 15.5. The largest absolute Gasteiger partial charge is 0.457 e. The molecule has 1 atom stereocenters. The molecule has 52 heavy (non-hydrogen) atoms. The summed E-state index contributed by atoms with van der Waals surface area (Å²) in [5, 5.41) is 2.37. The molecule has 0 aliphatic heterocycles. The van der Waals surface area contributed by atoms with Crippen molar-refractivity contribution < 1.29 is 45.3 Å². The Balaban J connectivity index is 1.49. The lowest BCUT2D eigenvalue weighted by Gasteiger charge is -2.37. The third-order valence-corrected chi connectivity index (χ3v) is 8.48. The van der Waals surface area contributed by atoms with Crippen molar-refractivity contribution in [2.24, 2.45) is 5.92 Å². The highest BCUT2D eigenvalue weighted by molar-refractivity contribution is 6.33. The number of carbonyl (C=O) groups excluding carboxylic acids is 1. The topological polar surface area (TPSA) is 82.6 Å². The predicted molar refractivity (Wildman–Crippen MR) is 183 cm³/mol. The highest BCUT2D eigenvalue weighted by atomic mass is 35.5. The number of carbonyl (C=O) groups is 1. The van der Waals surface area contributed by atoms with Crippen molar-refractivity contribution in [3.63, 3.8) is 0 Å². The Kier molecular flexibility index (Phi) is 11.5. The van der Waals surface area contributed by atoms with E-state index in [1.54, 1.807) is 56.3 Å². The molecule has 0 spiro atoms. The van der Waals surface area contributed by atoms with Crippen molar-refractivity contribution in [2.75, 3.05) is 5.32 Å². The minimum Gasteiger partial charge on any atom is -0.457 e. The average Bonchev–Trinajstić information content (AvgIpc) is 3.09. The van der Waals surface area contributed by atoms with Gasteiger partial charge in [0, 0.05) is 18.7 Å². The van der Waals surface area contributed by atoms with E-state index in [0.717, 1.165) is 30.3 Å². The number of anilines is 1. The van der Waals surface area contributed by atoms with Crippen LogP contribution in [-0.2, 0) is 34.9 Å². The first-order valence-corrected chi connectivity index (χ1v) is 16.3. The van der Waals surface area contributed by atoms with Crippen molar-refractivity contribution >= 4 is 34.9 Å². The van der Waals surface area contributed by atoms with Gasteiger partial charge in [-0.1, -0.05) is 61.3 Å². The molecule has 0 saturated carbocycles. The van der Waals surface area contributed by atoms with Crippen molar-refractivity contribution in [3.8, 4) is 23.1 Å². The van der Waals surface area contributed by atoms with Crippen LogP contribution >= 0.6 is 23.2 Å². The van der Waals surface area contributed by atoms with Crippen LogP contribution in [0.25, 0.3) is 0 Å². The van der Waals surface area contributed by atoms with E-state index in [1.165, 1.54) is 18.3 Å². The number of benzene rings is 3. The Hall–Kier alpha value is -5.01. The minimum absolute atomic E-state index is 0.0131. The number of para-hydroxylation sites is 1. The Morgan fingerprint density at radius 3 is 2.08 bits per heavy atom. The number of pyridine rings is 2. The number of nitrogens with one attached hydrogen (secondary N) is 1. The van der Waals surface area contributed by atoms with Crippen molar-refractivity contribution in [1.82, 2.24) is 9.97 Å². The highest BCUT2D eigenvalue weighted by Crippen LogP contribution is 2.40. The monoisotopic (exact) mass is 763 g/mol. The number of hydrogen-bond donors (Lipinski definition) is 1. The lowest BCUT2D eigenvalue weighted by atomic mass is 9.81. The van der Waals surface area contributed by atoms with Crippen LogP contribution in [0.2, 0.25) is 10.0 Å². The SMILES string of the molecule is CC(C)C(Cc1ncccc1Oc1ccc(C(F)(F)F)cc1Cl)(Nc1ccc(C(F)(F)F)cc1Cl)C(=O)OCc1cccc(Oc2ccccc2)n1. The van der Waals surface area contributed by atoms with E-state index in [4.69, 9.17) is 37.4 Å². The third kappa shape index (κ3) is 9.25. The summed E-state index contributed by atoms with van der Waals surface area (Å²) < 4.78 is 97.7. The molecule has 0 fully saturated rings. The van der Waals surface area contributed by atoms with Gasteiger partial charge >= 0.3 is 18.3 Å². The zero-order valence-corrected chi connectivity index (χ0v) is 28.9. The molecule has 0 radical (unpaired) electrons. The summed E-state index contributed by atoms with van der Waals surface area (Å²) in [5.74, 6) is -0.811. The molecule has 0 aliphatic rings. The van der Waals surface area contributed by atoms with E-state index in [1.807, 2.05) is 6.07 Å². The molecular formula is C37H29Cl2F6N3O4. The molecular weight excluding hydrogens is 735 g/mol. The van der Waals surface area contributed by atoms with Crippen LogP contribution in [0, 0.1) is 5.92 Å². The number of aromatic nitrogens is 2. The first kappa shape index (κ1) is 38.2. The molecule has 0 bridgehead atoms. The summed E-state index contributed by atoms with van der Waals surface area (Å²) in [6, 6.07) is 22.0. The van der Waals surface area contributed by atoms with Crippen LogP contribution in [0.1, 0.15) is 36.4 Å². The summed E-state index contributed by atoms with van der Waals surface area (Å²) in [6.07, 6.45) is -8.21. The van der Waals surface area contributed by atoms with Crippen molar-refractivity contribution in [3.05, 3.63) is 136 Å². The smallest absolute Gasteiger partial charge is 0.416 e. The molecule has 2 heterocycles. The molecule has 5 aromatic rings. The zero-order chi connectivity index (χ0) is 37.7. The van der Waals surface area contributed by atoms with Gasteiger partial charge < -0.3 is 19.5 Å². The van der Waals surface area contributed by atoms with E-state index in [0.29, 0.717) is 17.5 Å². The van der Waals surface area contributed by atoms with Crippen LogP contribution in [0.4, 0.5) is 32.0 Å². The molecule has 5 rings (SSSR count). The van der Waals surface area contributed by atoms with Gasteiger partial charge in [0.15, 0.2) is 0 Å². The molecule has 1 N–H and O–H groups in total. The van der Waals surface area contributed by atoms with Gasteiger partial charge in [-0.25, -0.2) is 9.78 Å². The molecule has 0 saturated heterocycles. The van der Waals surface area contributed by atoms with E-state index >= 15 is 0 Å². The molecule has 1 unspecified atom stereocenters. The lowest BCUT2D eigenvalue weighted by molar-refractivity contribution is -0.152. The number of esters is 1. The fourth-order valence-corrected chi connectivity index (χ4v) is 5.50. The summed E-state index contributed by atoms with van der Waals surface area (Å²) in [7, 11) is 0. The first-order chi connectivity index (χ1) is 24.5. The second-order valence-corrected chi connectivity index (χ2v) is 12.6. The maximum Gasteiger partial charge on any atom is 0.416 e. The second-order valence-electron chi connectivity index (χ2n) is 11.8. The molecule has 7 nitrogen and oxygen atoms in total. The standard InChI is InChI=1S/C37H29Cl2F6N3O4/c1-22(2)35(48-29-15-13-23(18-27(29)38)36(40,41)42,34(49)50-21-25-8-6-12-33(47-25)51-26-9-4-3-5-10-26)20-30-32(11-7-17-46-30)52-31-16-14-24(19-28(31)39)37(43,44)45/h3-19,22,48H,20-21H2,1-2H3. The van der Waals surface area contributed by atoms with E-state index in [9.17, 15) is 31.1 Å². The summed E-state index contributed by atoms with van der Waals surface area (Å²) in [5.41, 5.74) is -3.30. The number of hydrogen-bond acceptors (Lipinski definition) is 7. The summed E-state index contributed by atoms with van der Waals surface area (Å²) >= 11 is 12.5. The van der Waals surface area contributed by atoms with Crippen LogP contribution in [0.5, 0.6) is 23.1 Å². The normalized spacial score (nSPS) is 13.0. The Labute approximate surface area is 304 Å². The van der Waals surface area contributed by atoms with Gasteiger partial charge in [-0.15, -0.1) is 0 Å². The molecule has 3 aromatic carbocycles. The van der Waals surface area contributed by atoms with E-state index in [2.05, 4.69) is 15.3 Å². The summed E-state index contributed by atoms with van der Waals surface area (Å²) in [4.78, 5) is 23.1.